The first-order valence-corrected chi connectivity index (χ1v) is 14.8. The van der Waals surface area contributed by atoms with E-state index in [1.807, 2.05) is 13.8 Å². The number of nitrogens with one attached hydrogen (secondary N) is 3. The Hall–Kier alpha value is -2.65. The zero-order valence-electron chi connectivity index (χ0n) is 24.8. The molecular formula is C29H50N4O6. The molecule has 0 spiro atoms. The Kier molecular flexibility index (Phi) is 12.7. The van der Waals surface area contributed by atoms with E-state index >= 15 is 0 Å². The van der Waals surface area contributed by atoms with E-state index < -0.39 is 47.4 Å². The minimum atomic E-state index is -0.946. The van der Waals surface area contributed by atoms with Gasteiger partial charge in [-0.1, -0.05) is 58.8 Å². The number of amides is 4. The Bertz CT molecular complexity index is 868. The third kappa shape index (κ3) is 10.1. The number of ketones is 1. The van der Waals surface area contributed by atoms with Crippen LogP contribution in [0.15, 0.2) is 0 Å². The van der Waals surface area contributed by atoms with Crippen LogP contribution in [-0.2, 0) is 23.9 Å². The molecule has 0 aromatic carbocycles. The van der Waals surface area contributed by atoms with Crippen molar-refractivity contribution < 1.29 is 28.7 Å². The second kappa shape index (κ2) is 15.2. The SMILES string of the molecule is CCNC(=O)C(=O)[C@@H]1CCCCCCCCC[C@H](NC(=O)OC(C)(C)C)C(=O)N2CC[C@H](C(C)C)[C@H]2C(=O)N1. The highest BCUT2D eigenvalue weighted by Crippen LogP contribution is 2.32. The third-order valence-corrected chi connectivity index (χ3v) is 7.52. The van der Waals surface area contributed by atoms with Crippen LogP contribution in [0.5, 0.6) is 0 Å². The van der Waals surface area contributed by atoms with Crippen molar-refractivity contribution in [1.82, 2.24) is 20.9 Å². The molecule has 0 radical (unpaired) electrons. The van der Waals surface area contributed by atoms with Gasteiger partial charge in [0, 0.05) is 13.1 Å². The summed E-state index contributed by atoms with van der Waals surface area (Å²) in [6, 6.07) is -2.56. The van der Waals surface area contributed by atoms with E-state index in [9.17, 15) is 24.0 Å². The van der Waals surface area contributed by atoms with Crippen molar-refractivity contribution in [3.63, 3.8) is 0 Å². The van der Waals surface area contributed by atoms with Crippen LogP contribution < -0.4 is 16.0 Å². The van der Waals surface area contributed by atoms with Gasteiger partial charge in [0.1, 0.15) is 17.7 Å². The van der Waals surface area contributed by atoms with Crippen LogP contribution in [0.25, 0.3) is 0 Å². The summed E-state index contributed by atoms with van der Waals surface area (Å²) in [5.41, 5.74) is -0.712. The van der Waals surface area contributed by atoms with Crippen molar-refractivity contribution in [2.75, 3.05) is 13.1 Å². The van der Waals surface area contributed by atoms with Gasteiger partial charge in [0.2, 0.25) is 17.6 Å². The van der Waals surface area contributed by atoms with Gasteiger partial charge in [0.05, 0.1) is 6.04 Å². The molecule has 2 heterocycles. The number of likely N-dealkylation sites (N-methyl/N-ethyl adjacent to an activating group) is 1. The van der Waals surface area contributed by atoms with E-state index in [0.717, 1.165) is 44.9 Å². The Morgan fingerprint density at radius 1 is 0.974 bits per heavy atom. The summed E-state index contributed by atoms with van der Waals surface area (Å²) in [4.78, 5) is 67.2. The first-order chi connectivity index (χ1) is 18.4. The normalized spacial score (nSPS) is 26.0. The van der Waals surface area contributed by atoms with E-state index in [1.165, 1.54) is 0 Å². The maximum absolute atomic E-state index is 13.9. The highest BCUT2D eigenvalue weighted by molar-refractivity contribution is 6.38. The minimum Gasteiger partial charge on any atom is -0.444 e. The van der Waals surface area contributed by atoms with Crippen molar-refractivity contribution in [3.8, 4) is 0 Å². The first-order valence-electron chi connectivity index (χ1n) is 14.8. The molecule has 10 heteroatoms. The lowest BCUT2D eigenvalue weighted by molar-refractivity contribution is -0.144. The molecule has 4 amide bonds. The largest absolute Gasteiger partial charge is 0.444 e. The van der Waals surface area contributed by atoms with Gasteiger partial charge in [0.25, 0.3) is 5.91 Å². The molecule has 0 saturated carbocycles. The minimum absolute atomic E-state index is 0.110. The number of Topliss-reactive ketones (excluding diaryl/α,β-unsaturated/α-hetero) is 1. The molecule has 2 aliphatic heterocycles. The maximum atomic E-state index is 13.9. The van der Waals surface area contributed by atoms with E-state index in [0.29, 0.717) is 32.4 Å². The van der Waals surface area contributed by atoms with Crippen LogP contribution in [0.4, 0.5) is 4.79 Å². The third-order valence-electron chi connectivity index (χ3n) is 7.52. The highest BCUT2D eigenvalue weighted by Gasteiger charge is 2.45. The topological polar surface area (TPSA) is 134 Å². The van der Waals surface area contributed by atoms with E-state index in [-0.39, 0.29) is 17.7 Å². The molecule has 0 aromatic rings. The van der Waals surface area contributed by atoms with Crippen LogP contribution >= 0.6 is 0 Å². The smallest absolute Gasteiger partial charge is 0.408 e. The van der Waals surface area contributed by atoms with Crippen molar-refractivity contribution in [3.05, 3.63) is 0 Å². The van der Waals surface area contributed by atoms with Gasteiger partial charge in [-0.15, -0.1) is 0 Å². The quantitative estimate of drug-likeness (QED) is 0.449. The number of carbonyl (C=O) groups excluding carboxylic acids is 5. The van der Waals surface area contributed by atoms with Crippen LogP contribution in [0.1, 0.15) is 106 Å². The van der Waals surface area contributed by atoms with Crippen LogP contribution in [0.2, 0.25) is 0 Å². The maximum Gasteiger partial charge on any atom is 0.408 e. The van der Waals surface area contributed by atoms with Gasteiger partial charge in [0.15, 0.2) is 0 Å². The predicted octanol–water partition coefficient (Wildman–Crippen LogP) is 3.47. The van der Waals surface area contributed by atoms with Gasteiger partial charge >= 0.3 is 6.09 Å². The summed E-state index contributed by atoms with van der Waals surface area (Å²) < 4.78 is 5.43. The molecule has 39 heavy (non-hydrogen) atoms. The Morgan fingerprint density at radius 2 is 1.56 bits per heavy atom. The summed E-state index contributed by atoms with van der Waals surface area (Å²) in [7, 11) is 0. The number of alkyl carbamates (subject to hydrolysis) is 1. The van der Waals surface area contributed by atoms with E-state index in [2.05, 4.69) is 16.0 Å². The van der Waals surface area contributed by atoms with Gasteiger partial charge < -0.3 is 25.6 Å². The average Bonchev–Trinajstić information content (AvgIpc) is 3.29. The molecule has 2 saturated heterocycles. The number of carbonyl (C=O) groups is 5. The second-order valence-corrected chi connectivity index (χ2v) is 12.2. The fraction of sp³-hybridized carbons (Fsp3) is 0.828. The van der Waals surface area contributed by atoms with E-state index in [4.69, 9.17) is 4.74 Å². The number of rotatable bonds is 5. The molecule has 3 N–H and O–H groups in total. The molecule has 4 atom stereocenters. The summed E-state index contributed by atoms with van der Waals surface area (Å²) in [5, 5.41) is 8.15. The van der Waals surface area contributed by atoms with Gasteiger partial charge in [-0.2, -0.15) is 0 Å². The molecular weight excluding hydrogens is 500 g/mol. The molecule has 0 bridgehead atoms. The Labute approximate surface area is 233 Å². The lowest BCUT2D eigenvalue weighted by Crippen LogP contribution is -2.58. The number of nitrogens with zero attached hydrogens (tertiary/aromatic N) is 1. The van der Waals surface area contributed by atoms with Crippen molar-refractivity contribution in [2.45, 2.75) is 129 Å². The fourth-order valence-electron chi connectivity index (χ4n) is 5.52. The monoisotopic (exact) mass is 550 g/mol. The predicted molar refractivity (Wildman–Crippen MR) is 149 cm³/mol. The fourth-order valence-corrected chi connectivity index (χ4v) is 5.52. The molecule has 10 nitrogen and oxygen atoms in total. The van der Waals surface area contributed by atoms with Gasteiger partial charge in [-0.25, -0.2) is 4.79 Å². The van der Waals surface area contributed by atoms with Crippen LogP contribution in [0, 0.1) is 11.8 Å². The molecule has 0 aliphatic carbocycles. The van der Waals surface area contributed by atoms with Crippen LogP contribution in [0.3, 0.4) is 0 Å². The molecule has 2 rings (SSSR count). The zero-order chi connectivity index (χ0) is 29.2. The molecule has 2 fully saturated rings. The molecule has 222 valence electrons. The summed E-state index contributed by atoms with van der Waals surface area (Å²) in [6.45, 7) is 11.7. The molecule has 2 aliphatic rings. The number of hydrogen-bond donors (Lipinski definition) is 3. The van der Waals surface area contributed by atoms with Gasteiger partial charge in [-0.05, 0) is 58.8 Å². The van der Waals surface area contributed by atoms with Crippen molar-refractivity contribution in [1.29, 1.82) is 0 Å². The number of ether oxygens (including phenoxy) is 1. The summed E-state index contributed by atoms with van der Waals surface area (Å²) in [5.74, 6) is -2.12. The second-order valence-electron chi connectivity index (χ2n) is 12.2. The van der Waals surface area contributed by atoms with Crippen LogP contribution in [-0.4, -0.2) is 71.3 Å². The number of fused-ring (bicyclic) bond motifs is 1. The lowest BCUT2D eigenvalue weighted by atomic mass is 9.87. The van der Waals surface area contributed by atoms with Crippen molar-refractivity contribution in [2.24, 2.45) is 11.8 Å². The molecule has 0 aromatic heterocycles. The van der Waals surface area contributed by atoms with Crippen molar-refractivity contribution >= 4 is 29.6 Å². The van der Waals surface area contributed by atoms with Gasteiger partial charge in [-0.3, -0.25) is 19.2 Å². The lowest BCUT2D eigenvalue weighted by Gasteiger charge is -2.33. The standard InChI is InChI=1S/C29H50N4O6/c1-7-30-26(36)24(34)21-15-13-11-9-8-10-12-14-16-22(32-28(38)39-29(4,5)6)27(37)33-18-17-20(19(2)3)23(33)25(35)31-21/h19-23H,7-18H2,1-6H3,(H,30,36)(H,31,35)(H,32,38)/t20-,21+,22+,23+/m1/s1. The number of hydrogen-bond acceptors (Lipinski definition) is 6. The zero-order valence-corrected chi connectivity index (χ0v) is 24.8. The first kappa shape index (κ1) is 32.6. The Balaban J connectivity index is 2.37. The summed E-state index contributed by atoms with van der Waals surface area (Å²) >= 11 is 0. The Morgan fingerprint density at radius 3 is 2.13 bits per heavy atom. The summed E-state index contributed by atoms with van der Waals surface area (Å²) in [6.07, 6.45) is 7.13. The highest BCUT2D eigenvalue weighted by atomic mass is 16.6. The average molecular weight is 551 g/mol. The molecule has 0 unspecified atom stereocenters. The van der Waals surface area contributed by atoms with E-state index in [1.54, 1.807) is 32.6 Å².